The second-order valence-corrected chi connectivity index (χ2v) is 5.94. The standard InChI is InChI=1S/C14H14N2O3S/c17-13(18)7-16(6-9-1-2-9)14(19)10-3-4-11-12(5-10)20-8-15-11/h3-5,8-9H,1-2,6-7H2,(H,17,18). The van der Waals surface area contributed by atoms with Crippen LogP contribution in [0.5, 0.6) is 0 Å². The largest absolute Gasteiger partial charge is 0.480 e. The van der Waals surface area contributed by atoms with Gasteiger partial charge in [-0.2, -0.15) is 0 Å². The van der Waals surface area contributed by atoms with E-state index in [0.29, 0.717) is 18.0 Å². The Balaban J connectivity index is 1.84. The number of thiazole rings is 1. The highest BCUT2D eigenvalue weighted by molar-refractivity contribution is 7.16. The lowest BCUT2D eigenvalue weighted by molar-refractivity contribution is -0.137. The monoisotopic (exact) mass is 290 g/mol. The number of hydrogen-bond donors (Lipinski definition) is 1. The number of fused-ring (bicyclic) bond motifs is 1. The molecule has 0 unspecified atom stereocenters. The summed E-state index contributed by atoms with van der Waals surface area (Å²) in [6, 6.07) is 5.30. The lowest BCUT2D eigenvalue weighted by Crippen LogP contribution is -2.37. The Morgan fingerprint density at radius 1 is 1.40 bits per heavy atom. The van der Waals surface area contributed by atoms with Crippen LogP contribution in [0.25, 0.3) is 10.2 Å². The highest BCUT2D eigenvalue weighted by Crippen LogP contribution is 2.30. The molecule has 0 aliphatic heterocycles. The minimum Gasteiger partial charge on any atom is -0.480 e. The average molecular weight is 290 g/mol. The van der Waals surface area contributed by atoms with Crippen LogP contribution in [0.15, 0.2) is 23.7 Å². The van der Waals surface area contributed by atoms with Gasteiger partial charge in [0.15, 0.2) is 0 Å². The topological polar surface area (TPSA) is 70.5 Å². The van der Waals surface area contributed by atoms with E-state index in [2.05, 4.69) is 4.98 Å². The van der Waals surface area contributed by atoms with Gasteiger partial charge in [0.25, 0.3) is 5.91 Å². The van der Waals surface area contributed by atoms with Gasteiger partial charge in [0, 0.05) is 12.1 Å². The van der Waals surface area contributed by atoms with Gasteiger partial charge in [-0.1, -0.05) is 0 Å². The van der Waals surface area contributed by atoms with E-state index < -0.39 is 5.97 Å². The van der Waals surface area contributed by atoms with Gasteiger partial charge in [0.1, 0.15) is 6.54 Å². The van der Waals surface area contributed by atoms with Gasteiger partial charge in [-0.05, 0) is 37.0 Å². The van der Waals surface area contributed by atoms with E-state index in [-0.39, 0.29) is 12.5 Å². The molecule has 1 aromatic carbocycles. The molecule has 0 radical (unpaired) electrons. The number of aromatic nitrogens is 1. The SMILES string of the molecule is O=C(O)CN(CC1CC1)C(=O)c1ccc2ncsc2c1. The third kappa shape index (κ3) is 2.80. The molecule has 0 bridgehead atoms. The zero-order chi connectivity index (χ0) is 14.1. The highest BCUT2D eigenvalue weighted by atomic mass is 32.1. The predicted molar refractivity (Wildman–Crippen MR) is 75.9 cm³/mol. The molecule has 6 heteroatoms. The van der Waals surface area contributed by atoms with Gasteiger partial charge in [-0.25, -0.2) is 4.98 Å². The second-order valence-electron chi connectivity index (χ2n) is 5.06. The van der Waals surface area contributed by atoms with Crippen molar-refractivity contribution in [1.29, 1.82) is 0 Å². The fraction of sp³-hybridized carbons (Fsp3) is 0.357. The number of nitrogens with zero attached hydrogens (tertiary/aromatic N) is 2. The van der Waals surface area contributed by atoms with Crippen molar-refractivity contribution in [2.24, 2.45) is 5.92 Å². The summed E-state index contributed by atoms with van der Waals surface area (Å²) in [7, 11) is 0. The first-order chi connectivity index (χ1) is 9.63. The Morgan fingerprint density at radius 3 is 2.90 bits per heavy atom. The number of carbonyl (C=O) groups is 2. The van der Waals surface area contributed by atoms with Crippen molar-refractivity contribution in [3.63, 3.8) is 0 Å². The van der Waals surface area contributed by atoms with Crippen molar-refractivity contribution in [1.82, 2.24) is 9.88 Å². The molecule has 1 aromatic heterocycles. The molecule has 0 spiro atoms. The van der Waals surface area contributed by atoms with Crippen molar-refractivity contribution in [3.8, 4) is 0 Å². The van der Waals surface area contributed by atoms with Crippen LogP contribution in [0.3, 0.4) is 0 Å². The maximum atomic E-state index is 12.5. The maximum Gasteiger partial charge on any atom is 0.323 e. The van der Waals surface area contributed by atoms with E-state index in [4.69, 9.17) is 5.11 Å². The van der Waals surface area contributed by atoms with E-state index in [1.54, 1.807) is 23.7 Å². The van der Waals surface area contributed by atoms with Crippen LogP contribution in [0, 0.1) is 5.92 Å². The van der Waals surface area contributed by atoms with Gasteiger partial charge in [-0.15, -0.1) is 11.3 Å². The fourth-order valence-electron chi connectivity index (χ4n) is 2.17. The van der Waals surface area contributed by atoms with E-state index >= 15 is 0 Å². The Labute approximate surface area is 119 Å². The lowest BCUT2D eigenvalue weighted by Gasteiger charge is -2.20. The van der Waals surface area contributed by atoms with Crippen LogP contribution in [0.2, 0.25) is 0 Å². The molecular weight excluding hydrogens is 276 g/mol. The summed E-state index contributed by atoms with van der Waals surface area (Å²) in [4.78, 5) is 29.0. The first-order valence-electron chi connectivity index (χ1n) is 6.48. The number of carboxylic acid groups (broad SMARTS) is 1. The molecule has 1 aliphatic carbocycles. The maximum absolute atomic E-state index is 12.5. The van der Waals surface area contributed by atoms with Crippen LogP contribution in [0.1, 0.15) is 23.2 Å². The molecule has 1 saturated carbocycles. The Hall–Kier alpha value is -1.95. The predicted octanol–water partition coefficient (Wildman–Crippen LogP) is 2.23. The zero-order valence-corrected chi connectivity index (χ0v) is 11.6. The number of benzene rings is 1. The molecule has 1 amide bonds. The molecule has 1 heterocycles. The fourth-order valence-corrected chi connectivity index (χ4v) is 2.88. The van der Waals surface area contributed by atoms with Crippen LogP contribution >= 0.6 is 11.3 Å². The molecule has 2 aromatic rings. The number of aliphatic carboxylic acids is 1. The average Bonchev–Trinajstić information content (AvgIpc) is 3.11. The smallest absolute Gasteiger partial charge is 0.323 e. The summed E-state index contributed by atoms with van der Waals surface area (Å²) in [5, 5.41) is 8.95. The summed E-state index contributed by atoms with van der Waals surface area (Å²) in [5.74, 6) is -0.724. The molecule has 104 valence electrons. The molecule has 1 fully saturated rings. The first kappa shape index (κ1) is 13.1. The molecule has 3 rings (SSSR count). The summed E-state index contributed by atoms with van der Waals surface area (Å²) < 4.78 is 0.942. The van der Waals surface area contributed by atoms with Crippen molar-refractivity contribution in [2.45, 2.75) is 12.8 Å². The zero-order valence-electron chi connectivity index (χ0n) is 10.8. The summed E-state index contributed by atoms with van der Waals surface area (Å²) in [6.45, 7) is 0.294. The molecular formula is C14H14N2O3S. The Kier molecular flexibility index (Phi) is 3.40. The van der Waals surface area contributed by atoms with Crippen molar-refractivity contribution in [2.75, 3.05) is 13.1 Å². The number of carbonyl (C=O) groups excluding carboxylic acids is 1. The molecule has 0 saturated heterocycles. The number of rotatable bonds is 5. The summed E-state index contributed by atoms with van der Waals surface area (Å²) in [5.41, 5.74) is 3.13. The van der Waals surface area contributed by atoms with Crippen molar-refractivity contribution in [3.05, 3.63) is 29.3 Å². The Morgan fingerprint density at radius 2 is 2.20 bits per heavy atom. The summed E-state index contributed by atoms with van der Waals surface area (Å²) >= 11 is 1.47. The van der Waals surface area contributed by atoms with Crippen LogP contribution in [-0.4, -0.2) is 40.0 Å². The van der Waals surface area contributed by atoms with Crippen molar-refractivity contribution < 1.29 is 14.7 Å². The molecule has 20 heavy (non-hydrogen) atoms. The van der Waals surface area contributed by atoms with E-state index in [9.17, 15) is 9.59 Å². The molecule has 1 N–H and O–H groups in total. The number of carboxylic acids is 1. The molecule has 5 nitrogen and oxygen atoms in total. The van der Waals surface area contributed by atoms with Gasteiger partial charge >= 0.3 is 5.97 Å². The number of amides is 1. The first-order valence-corrected chi connectivity index (χ1v) is 7.36. The van der Waals surface area contributed by atoms with Gasteiger partial charge in [-0.3, -0.25) is 9.59 Å². The lowest BCUT2D eigenvalue weighted by atomic mass is 10.2. The van der Waals surface area contributed by atoms with Gasteiger partial charge in [0.2, 0.25) is 0 Å². The Bertz CT molecular complexity index is 663. The van der Waals surface area contributed by atoms with Crippen LogP contribution in [0.4, 0.5) is 0 Å². The number of hydrogen-bond acceptors (Lipinski definition) is 4. The quantitative estimate of drug-likeness (QED) is 0.916. The molecule has 0 atom stereocenters. The minimum absolute atomic E-state index is 0.213. The highest BCUT2D eigenvalue weighted by Gasteiger charge is 2.28. The van der Waals surface area contributed by atoms with E-state index in [1.165, 1.54) is 16.2 Å². The van der Waals surface area contributed by atoms with Gasteiger partial charge in [0.05, 0.1) is 15.7 Å². The summed E-state index contributed by atoms with van der Waals surface area (Å²) in [6.07, 6.45) is 2.16. The van der Waals surface area contributed by atoms with Crippen molar-refractivity contribution >= 4 is 33.4 Å². The normalized spacial score (nSPS) is 14.4. The van der Waals surface area contributed by atoms with E-state index in [1.807, 2.05) is 0 Å². The third-order valence-corrected chi connectivity index (χ3v) is 4.16. The van der Waals surface area contributed by atoms with E-state index in [0.717, 1.165) is 23.1 Å². The van der Waals surface area contributed by atoms with Crippen LogP contribution in [-0.2, 0) is 4.79 Å². The van der Waals surface area contributed by atoms with Crippen LogP contribution < -0.4 is 0 Å². The second kappa shape index (κ2) is 5.20. The molecule has 1 aliphatic rings. The minimum atomic E-state index is -0.974. The third-order valence-electron chi connectivity index (χ3n) is 3.37. The van der Waals surface area contributed by atoms with Gasteiger partial charge < -0.3 is 10.0 Å².